The van der Waals surface area contributed by atoms with E-state index in [9.17, 15) is 18.3 Å². The molecule has 126 valence electrons. The van der Waals surface area contributed by atoms with E-state index < -0.39 is 17.6 Å². The first-order valence-corrected chi connectivity index (χ1v) is 6.45. The molecule has 0 N–H and O–H groups in total. The Bertz CT molecular complexity index is 722. The Kier molecular flexibility index (Phi) is 5.46. The van der Waals surface area contributed by atoms with E-state index in [1.165, 1.54) is 18.5 Å². The Hall–Kier alpha value is -2.45. The molecule has 23 heavy (non-hydrogen) atoms. The van der Waals surface area contributed by atoms with Crippen LogP contribution in [0, 0.1) is 13.8 Å². The monoisotopic (exact) mass is 328 g/mol. The summed E-state index contributed by atoms with van der Waals surface area (Å²) in [6, 6.07) is 2.00. The molecular weight excluding hydrogens is 311 g/mol. The number of nitrogens with zero attached hydrogens (tertiary/aromatic N) is 5. The third kappa shape index (κ3) is 3.66. The van der Waals surface area contributed by atoms with Crippen molar-refractivity contribution in [3.63, 3.8) is 0 Å². The number of aliphatic imine (C=N–C) groups is 1. The fourth-order valence-corrected chi connectivity index (χ4v) is 2.00. The van der Waals surface area contributed by atoms with Crippen LogP contribution < -0.4 is 5.11 Å². The average molecular weight is 328 g/mol. The molecule has 0 atom stereocenters. The van der Waals surface area contributed by atoms with Crippen LogP contribution >= 0.6 is 0 Å². The molecule has 0 amide bonds. The summed E-state index contributed by atoms with van der Waals surface area (Å²) in [4.78, 5) is 3.76. The molecule has 1 aromatic carbocycles. The Morgan fingerprint density at radius 1 is 1.26 bits per heavy atom. The van der Waals surface area contributed by atoms with Gasteiger partial charge in [0, 0.05) is 6.54 Å². The SMILES string of the molecule is C.CCn1nnnc1N=C([O-])c1ccc(C(F)(F)F)c(C)c1C. The first kappa shape index (κ1) is 18.6. The van der Waals surface area contributed by atoms with Gasteiger partial charge in [0.2, 0.25) is 0 Å². The lowest BCUT2D eigenvalue weighted by Gasteiger charge is -2.18. The van der Waals surface area contributed by atoms with Crippen molar-refractivity contribution in [3.05, 3.63) is 34.4 Å². The van der Waals surface area contributed by atoms with Crippen LogP contribution in [0.1, 0.15) is 36.6 Å². The lowest BCUT2D eigenvalue weighted by molar-refractivity contribution is -0.212. The van der Waals surface area contributed by atoms with E-state index in [4.69, 9.17) is 0 Å². The van der Waals surface area contributed by atoms with Gasteiger partial charge >= 0.3 is 6.18 Å². The van der Waals surface area contributed by atoms with Gasteiger partial charge in [-0.15, -0.1) is 0 Å². The minimum atomic E-state index is -4.46. The van der Waals surface area contributed by atoms with Crippen LogP contribution in [0.3, 0.4) is 0 Å². The lowest BCUT2D eigenvalue weighted by Crippen LogP contribution is -2.21. The molecule has 0 bridgehead atoms. The summed E-state index contributed by atoms with van der Waals surface area (Å²) >= 11 is 0. The van der Waals surface area contributed by atoms with E-state index in [2.05, 4.69) is 20.5 Å². The number of alkyl halides is 3. The van der Waals surface area contributed by atoms with E-state index in [0.29, 0.717) is 6.54 Å². The van der Waals surface area contributed by atoms with Crippen molar-refractivity contribution >= 4 is 11.8 Å². The molecule has 1 aromatic heterocycles. The molecule has 0 saturated heterocycles. The lowest BCUT2D eigenvalue weighted by atomic mass is 9.97. The van der Waals surface area contributed by atoms with Crippen LogP contribution in [0.4, 0.5) is 19.1 Å². The van der Waals surface area contributed by atoms with Crippen LogP contribution in [0.5, 0.6) is 0 Å². The van der Waals surface area contributed by atoms with Crippen LogP contribution in [0.25, 0.3) is 0 Å². The third-order valence-corrected chi connectivity index (χ3v) is 3.34. The van der Waals surface area contributed by atoms with Crippen LogP contribution in [-0.4, -0.2) is 26.1 Å². The van der Waals surface area contributed by atoms with Crippen molar-refractivity contribution in [2.45, 2.75) is 40.9 Å². The molecule has 0 spiro atoms. The third-order valence-electron chi connectivity index (χ3n) is 3.34. The van der Waals surface area contributed by atoms with Crippen molar-refractivity contribution in [3.8, 4) is 0 Å². The van der Waals surface area contributed by atoms with Gasteiger partial charge in [-0.1, -0.05) is 18.6 Å². The maximum atomic E-state index is 12.8. The summed E-state index contributed by atoms with van der Waals surface area (Å²) < 4.78 is 39.8. The van der Waals surface area contributed by atoms with E-state index in [1.54, 1.807) is 6.92 Å². The highest BCUT2D eigenvalue weighted by Gasteiger charge is 2.33. The Morgan fingerprint density at radius 2 is 1.91 bits per heavy atom. The largest absolute Gasteiger partial charge is 0.858 e. The van der Waals surface area contributed by atoms with Crippen LogP contribution in [0.2, 0.25) is 0 Å². The van der Waals surface area contributed by atoms with Gasteiger partial charge in [-0.25, -0.2) is 9.67 Å². The molecule has 2 aromatic rings. The quantitative estimate of drug-likeness (QED) is 0.640. The first-order chi connectivity index (χ1) is 10.3. The van der Waals surface area contributed by atoms with Gasteiger partial charge < -0.3 is 5.11 Å². The first-order valence-electron chi connectivity index (χ1n) is 6.45. The minimum absolute atomic E-state index is 0. The Balaban J connectivity index is 0.00000264. The maximum Gasteiger partial charge on any atom is 0.416 e. The van der Waals surface area contributed by atoms with Gasteiger partial charge in [-0.3, -0.25) is 0 Å². The predicted molar refractivity (Wildman–Crippen MR) is 77.3 cm³/mol. The summed E-state index contributed by atoms with van der Waals surface area (Å²) in [5.41, 5.74) is -0.432. The molecule has 9 heteroatoms. The fraction of sp³-hybridized carbons (Fsp3) is 0.429. The molecule has 0 unspecified atom stereocenters. The second-order valence-electron chi connectivity index (χ2n) is 4.62. The van der Waals surface area contributed by atoms with Crippen LogP contribution in [-0.2, 0) is 12.7 Å². The number of halogens is 3. The number of aryl methyl sites for hydroxylation is 1. The van der Waals surface area contributed by atoms with Crippen molar-refractivity contribution in [1.29, 1.82) is 0 Å². The maximum absolute atomic E-state index is 12.8. The highest BCUT2D eigenvalue weighted by molar-refractivity contribution is 5.93. The number of benzene rings is 1. The van der Waals surface area contributed by atoms with Gasteiger partial charge in [0.1, 0.15) is 0 Å². The predicted octanol–water partition coefficient (Wildman–Crippen LogP) is 2.40. The van der Waals surface area contributed by atoms with Crippen molar-refractivity contribution in [1.82, 2.24) is 20.2 Å². The van der Waals surface area contributed by atoms with E-state index in [1.807, 2.05) is 0 Å². The number of rotatable bonds is 3. The summed E-state index contributed by atoms with van der Waals surface area (Å²) in [6.07, 6.45) is -4.46. The highest BCUT2D eigenvalue weighted by Crippen LogP contribution is 2.33. The molecule has 0 radical (unpaired) electrons. The molecule has 0 fully saturated rings. The van der Waals surface area contributed by atoms with Gasteiger partial charge in [-0.05, 0) is 59.9 Å². The molecule has 0 aliphatic carbocycles. The van der Waals surface area contributed by atoms with Gasteiger partial charge in [0.15, 0.2) is 0 Å². The zero-order valence-corrected chi connectivity index (χ0v) is 12.1. The zero-order valence-electron chi connectivity index (χ0n) is 12.1. The van der Waals surface area contributed by atoms with E-state index in [0.717, 1.165) is 12.1 Å². The molecule has 0 aliphatic heterocycles. The number of hydrogen-bond acceptors (Lipinski definition) is 5. The van der Waals surface area contributed by atoms with Gasteiger partial charge in [-0.2, -0.15) is 13.2 Å². The summed E-state index contributed by atoms with van der Waals surface area (Å²) in [5, 5.41) is 22.8. The smallest absolute Gasteiger partial charge is 0.416 e. The molecule has 0 saturated carbocycles. The number of aromatic nitrogens is 4. The standard InChI is InChI=1S/C13H14F3N5O.CH4/c1-4-21-12(18-19-20-21)17-11(22)9-5-6-10(13(14,15)16)8(3)7(9)2;/h5-6H,4H2,1-3H3,(H,17,18,20,22);1H4/p-1. The summed E-state index contributed by atoms with van der Waals surface area (Å²) in [5.74, 6) is -0.664. The summed E-state index contributed by atoms with van der Waals surface area (Å²) in [7, 11) is 0. The zero-order chi connectivity index (χ0) is 16.5. The van der Waals surface area contributed by atoms with Gasteiger partial charge in [0.05, 0.1) is 5.56 Å². The number of hydrogen-bond donors (Lipinski definition) is 0. The van der Waals surface area contributed by atoms with E-state index >= 15 is 0 Å². The molecule has 1 heterocycles. The van der Waals surface area contributed by atoms with Gasteiger partial charge in [0.25, 0.3) is 5.95 Å². The van der Waals surface area contributed by atoms with Crippen molar-refractivity contribution in [2.75, 3.05) is 0 Å². The Morgan fingerprint density at radius 3 is 2.48 bits per heavy atom. The number of tetrazole rings is 1. The highest BCUT2D eigenvalue weighted by atomic mass is 19.4. The van der Waals surface area contributed by atoms with Crippen molar-refractivity contribution < 1.29 is 18.3 Å². The summed E-state index contributed by atoms with van der Waals surface area (Å²) in [6.45, 7) is 4.97. The fourth-order valence-electron chi connectivity index (χ4n) is 2.00. The Labute approximate surface area is 131 Å². The molecule has 6 nitrogen and oxygen atoms in total. The second kappa shape index (κ2) is 6.76. The molecule has 0 aliphatic rings. The van der Waals surface area contributed by atoms with Crippen molar-refractivity contribution in [2.24, 2.45) is 4.99 Å². The average Bonchev–Trinajstić information content (AvgIpc) is 2.87. The molecular formula is C14H17F3N5O-. The normalized spacial score (nSPS) is 12.2. The molecule has 2 rings (SSSR count). The van der Waals surface area contributed by atoms with E-state index in [-0.39, 0.29) is 30.1 Å². The second-order valence-corrected chi connectivity index (χ2v) is 4.62. The minimum Gasteiger partial charge on any atom is -0.858 e. The topological polar surface area (TPSA) is 79.0 Å². The van der Waals surface area contributed by atoms with Crippen LogP contribution in [0.15, 0.2) is 17.1 Å².